The van der Waals surface area contributed by atoms with Gasteiger partial charge >= 0.3 is 0 Å². The number of carbonyl (C=O) groups is 3. The number of β-lactam (4-membered cyclic amide) rings is 1. The fraction of sp³-hybridized carbons (Fsp3) is 0.800. The van der Waals surface area contributed by atoms with Crippen molar-refractivity contribution >= 4 is 17.7 Å². The molecule has 1 spiro atoms. The van der Waals surface area contributed by atoms with Crippen LogP contribution < -0.4 is 5.73 Å². The molecular weight excluding hydrogens is 286 g/mol. The Balaban J connectivity index is 2.03. The number of primary amides is 1. The summed E-state index contributed by atoms with van der Waals surface area (Å²) in [6.07, 6.45) is -0.234. The number of nitrogens with two attached hydrogens (primary N) is 1. The first-order valence-electron chi connectivity index (χ1n) is 7.74. The second kappa shape index (κ2) is 5.87. The highest BCUT2D eigenvalue weighted by atomic mass is 16.3. The van der Waals surface area contributed by atoms with Gasteiger partial charge < -0.3 is 20.6 Å². The fourth-order valence-corrected chi connectivity index (χ4v) is 3.47. The molecule has 2 aliphatic heterocycles. The van der Waals surface area contributed by atoms with Crippen LogP contribution in [0.2, 0.25) is 0 Å². The standard InChI is InChI=1S/C15H25N3O4/c1-9(2)7-17-5-4-15(6-11(17)20)8-18(14(15)22)12(10(3)19)13(16)21/h9-10,12,19H,4-8H2,1-3H3,(H2,16,21)/t10-,12+,15?/m1/s1. The third-order valence-electron chi connectivity index (χ3n) is 4.56. The van der Waals surface area contributed by atoms with E-state index in [0.717, 1.165) is 0 Å². The Morgan fingerprint density at radius 2 is 2.00 bits per heavy atom. The van der Waals surface area contributed by atoms with Crippen LogP contribution in [0.1, 0.15) is 33.6 Å². The van der Waals surface area contributed by atoms with E-state index in [1.165, 1.54) is 11.8 Å². The van der Waals surface area contributed by atoms with Gasteiger partial charge in [-0.15, -0.1) is 0 Å². The predicted molar refractivity (Wildman–Crippen MR) is 79.5 cm³/mol. The number of amides is 3. The Morgan fingerprint density at radius 3 is 2.41 bits per heavy atom. The molecule has 0 bridgehead atoms. The summed E-state index contributed by atoms with van der Waals surface area (Å²) in [5, 5.41) is 9.65. The molecule has 22 heavy (non-hydrogen) atoms. The first kappa shape index (κ1) is 16.7. The molecular formula is C15H25N3O4. The van der Waals surface area contributed by atoms with Gasteiger partial charge in [0, 0.05) is 26.1 Å². The Bertz CT molecular complexity index is 491. The Hall–Kier alpha value is -1.63. The highest BCUT2D eigenvalue weighted by molar-refractivity contribution is 5.97. The van der Waals surface area contributed by atoms with E-state index in [-0.39, 0.29) is 18.2 Å². The van der Waals surface area contributed by atoms with Crippen molar-refractivity contribution in [2.45, 2.75) is 45.8 Å². The van der Waals surface area contributed by atoms with Gasteiger partial charge in [-0.05, 0) is 19.3 Å². The number of aliphatic hydroxyl groups excluding tert-OH is 1. The number of hydrogen-bond acceptors (Lipinski definition) is 4. The van der Waals surface area contributed by atoms with Gasteiger partial charge in [0.05, 0.1) is 11.5 Å². The fourth-order valence-electron chi connectivity index (χ4n) is 3.47. The molecule has 3 amide bonds. The SMILES string of the molecule is CC(C)CN1CCC2(CC1=O)CN([C@H](C(N)=O)[C@@H](C)O)C2=O. The highest BCUT2D eigenvalue weighted by Crippen LogP contribution is 2.43. The summed E-state index contributed by atoms with van der Waals surface area (Å²) < 4.78 is 0. The van der Waals surface area contributed by atoms with Crippen molar-refractivity contribution in [1.29, 1.82) is 0 Å². The molecule has 124 valence electrons. The minimum absolute atomic E-state index is 0.0133. The molecule has 0 aliphatic carbocycles. The van der Waals surface area contributed by atoms with E-state index >= 15 is 0 Å². The number of hydrogen-bond donors (Lipinski definition) is 2. The largest absolute Gasteiger partial charge is 0.391 e. The van der Waals surface area contributed by atoms with Gasteiger partial charge in [0.2, 0.25) is 17.7 Å². The van der Waals surface area contributed by atoms with E-state index in [4.69, 9.17) is 5.73 Å². The second-order valence-corrected chi connectivity index (χ2v) is 6.96. The highest BCUT2D eigenvalue weighted by Gasteiger charge is 2.58. The van der Waals surface area contributed by atoms with Gasteiger partial charge in [-0.25, -0.2) is 0 Å². The predicted octanol–water partition coefficient (Wildman–Crippen LogP) is -0.672. The number of likely N-dealkylation sites (tertiary alicyclic amines) is 2. The molecule has 3 N–H and O–H groups in total. The summed E-state index contributed by atoms with van der Waals surface area (Å²) in [7, 11) is 0. The zero-order valence-corrected chi connectivity index (χ0v) is 13.4. The second-order valence-electron chi connectivity index (χ2n) is 6.96. The Morgan fingerprint density at radius 1 is 1.36 bits per heavy atom. The maximum atomic E-state index is 12.5. The molecule has 7 nitrogen and oxygen atoms in total. The van der Waals surface area contributed by atoms with Crippen molar-refractivity contribution in [2.75, 3.05) is 19.6 Å². The van der Waals surface area contributed by atoms with Crippen LogP contribution in [-0.4, -0.2) is 64.4 Å². The topological polar surface area (TPSA) is 104 Å². The normalized spacial score (nSPS) is 28.0. The molecule has 3 atom stereocenters. The van der Waals surface area contributed by atoms with Gasteiger partial charge in [-0.2, -0.15) is 0 Å². The van der Waals surface area contributed by atoms with Gasteiger partial charge in [0.15, 0.2) is 0 Å². The average Bonchev–Trinajstić information content (AvgIpc) is 2.39. The summed E-state index contributed by atoms with van der Waals surface area (Å²) in [4.78, 5) is 39.3. The summed E-state index contributed by atoms with van der Waals surface area (Å²) in [6.45, 7) is 7.11. The van der Waals surface area contributed by atoms with E-state index in [0.29, 0.717) is 32.0 Å². The molecule has 2 heterocycles. The number of piperidine rings is 1. The molecule has 1 unspecified atom stereocenters. The third-order valence-corrected chi connectivity index (χ3v) is 4.56. The Kier molecular flexibility index (Phi) is 4.47. The van der Waals surface area contributed by atoms with Crippen LogP contribution in [0.5, 0.6) is 0 Å². The van der Waals surface area contributed by atoms with Crippen molar-refractivity contribution < 1.29 is 19.5 Å². The minimum Gasteiger partial charge on any atom is -0.391 e. The number of aliphatic hydroxyl groups is 1. The lowest BCUT2D eigenvalue weighted by Gasteiger charge is -2.54. The Labute approximate surface area is 130 Å². The summed E-state index contributed by atoms with van der Waals surface area (Å²) in [5.41, 5.74) is 4.56. The lowest BCUT2D eigenvalue weighted by Crippen LogP contribution is -2.71. The molecule has 2 fully saturated rings. The third kappa shape index (κ3) is 2.82. The van der Waals surface area contributed by atoms with Crippen LogP contribution in [0.15, 0.2) is 0 Å². The van der Waals surface area contributed by atoms with Crippen LogP contribution in [-0.2, 0) is 14.4 Å². The lowest BCUT2D eigenvalue weighted by atomic mass is 9.69. The molecule has 2 saturated heterocycles. The minimum atomic E-state index is -1.02. The molecule has 2 aliphatic rings. The van der Waals surface area contributed by atoms with Crippen molar-refractivity contribution in [3.8, 4) is 0 Å². The molecule has 0 saturated carbocycles. The van der Waals surface area contributed by atoms with Crippen LogP contribution in [0, 0.1) is 11.3 Å². The molecule has 0 aromatic heterocycles. The van der Waals surface area contributed by atoms with Gasteiger partial charge in [0.25, 0.3) is 0 Å². The zero-order valence-electron chi connectivity index (χ0n) is 13.4. The molecule has 0 radical (unpaired) electrons. The quantitative estimate of drug-likeness (QED) is 0.657. The molecule has 0 aromatic rings. The van der Waals surface area contributed by atoms with Crippen molar-refractivity contribution in [1.82, 2.24) is 9.80 Å². The first-order valence-corrected chi connectivity index (χ1v) is 7.74. The average molecular weight is 311 g/mol. The molecule has 2 rings (SSSR count). The number of nitrogens with zero attached hydrogens (tertiary/aromatic N) is 2. The summed E-state index contributed by atoms with van der Waals surface area (Å²) in [6, 6.07) is -1.01. The van der Waals surface area contributed by atoms with Crippen LogP contribution in [0.25, 0.3) is 0 Å². The summed E-state index contributed by atoms with van der Waals surface area (Å²) in [5.74, 6) is -0.585. The lowest BCUT2D eigenvalue weighted by molar-refractivity contribution is -0.179. The monoisotopic (exact) mass is 311 g/mol. The van der Waals surface area contributed by atoms with Crippen molar-refractivity contribution in [3.05, 3.63) is 0 Å². The van der Waals surface area contributed by atoms with Crippen LogP contribution in [0.4, 0.5) is 0 Å². The van der Waals surface area contributed by atoms with Gasteiger partial charge in [0.1, 0.15) is 6.04 Å². The van der Waals surface area contributed by atoms with E-state index < -0.39 is 23.5 Å². The molecule has 0 aromatic carbocycles. The van der Waals surface area contributed by atoms with Gasteiger partial charge in [-0.1, -0.05) is 13.8 Å². The van der Waals surface area contributed by atoms with Crippen molar-refractivity contribution in [3.63, 3.8) is 0 Å². The number of rotatable bonds is 5. The van der Waals surface area contributed by atoms with E-state index in [1.54, 1.807) is 4.90 Å². The number of carbonyl (C=O) groups excluding carboxylic acids is 3. The maximum Gasteiger partial charge on any atom is 0.242 e. The van der Waals surface area contributed by atoms with E-state index in [1.807, 2.05) is 13.8 Å². The smallest absolute Gasteiger partial charge is 0.242 e. The van der Waals surface area contributed by atoms with Gasteiger partial charge in [-0.3, -0.25) is 14.4 Å². The van der Waals surface area contributed by atoms with E-state index in [2.05, 4.69) is 0 Å². The first-order chi connectivity index (χ1) is 10.2. The van der Waals surface area contributed by atoms with Crippen molar-refractivity contribution in [2.24, 2.45) is 17.1 Å². The van der Waals surface area contributed by atoms with E-state index in [9.17, 15) is 19.5 Å². The van der Waals surface area contributed by atoms with Crippen LogP contribution >= 0.6 is 0 Å². The molecule has 7 heteroatoms. The summed E-state index contributed by atoms with van der Waals surface area (Å²) >= 11 is 0. The maximum absolute atomic E-state index is 12.5. The van der Waals surface area contributed by atoms with Crippen LogP contribution in [0.3, 0.4) is 0 Å². The zero-order chi connectivity index (χ0) is 16.7.